The summed E-state index contributed by atoms with van der Waals surface area (Å²) >= 11 is 6.12. The van der Waals surface area contributed by atoms with Crippen molar-refractivity contribution in [2.24, 2.45) is 0 Å². The number of hydrogen-bond donors (Lipinski definition) is 1. The molecule has 3 rings (SSSR count). The van der Waals surface area contributed by atoms with Gasteiger partial charge in [-0.25, -0.2) is 0 Å². The lowest BCUT2D eigenvalue weighted by Gasteiger charge is -2.36. The van der Waals surface area contributed by atoms with Gasteiger partial charge in [0.1, 0.15) is 0 Å². The maximum Gasteiger partial charge on any atom is 0.224 e. The predicted molar refractivity (Wildman–Crippen MR) is 90.1 cm³/mol. The van der Waals surface area contributed by atoms with Crippen LogP contribution in [0, 0.1) is 0 Å². The summed E-state index contributed by atoms with van der Waals surface area (Å²) < 4.78 is 0. The second kappa shape index (κ2) is 7.47. The summed E-state index contributed by atoms with van der Waals surface area (Å²) in [4.78, 5) is 14.8. The minimum absolute atomic E-state index is 0.0902. The third kappa shape index (κ3) is 4.02. The van der Waals surface area contributed by atoms with E-state index in [1.165, 1.54) is 25.7 Å². The molecule has 120 valence electrons. The molecule has 0 spiro atoms. The van der Waals surface area contributed by atoms with E-state index < -0.39 is 0 Å². The lowest BCUT2D eigenvalue weighted by molar-refractivity contribution is -0.121. The van der Waals surface area contributed by atoms with Gasteiger partial charge < -0.3 is 10.2 Å². The summed E-state index contributed by atoms with van der Waals surface area (Å²) in [6, 6.07) is 8.71. The molecule has 3 nitrogen and oxygen atoms in total. The van der Waals surface area contributed by atoms with Crippen LogP contribution in [0.3, 0.4) is 0 Å². The van der Waals surface area contributed by atoms with Gasteiger partial charge in [-0.2, -0.15) is 0 Å². The third-order valence-electron chi connectivity index (χ3n) is 5.04. The fourth-order valence-corrected chi connectivity index (χ4v) is 3.97. The molecule has 1 amide bonds. The van der Waals surface area contributed by atoms with Crippen molar-refractivity contribution in [2.45, 2.75) is 57.0 Å². The summed E-state index contributed by atoms with van der Waals surface area (Å²) in [5, 5.41) is 3.86. The van der Waals surface area contributed by atoms with E-state index in [4.69, 9.17) is 11.6 Å². The number of rotatable bonds is 4. The van der Waals surface area contributed by atoms with Crippen LogP contribution < -0.4 is 5.32 Å². The first-order valence-corrected chi connectivity index (χ1v) is 8.87. The van der Waals surface area contributed by atoms with E-state index >= 15 is 0 Å². The van der Waals surface area contributed by atoms with Crippen molar-refractivity contribution in [1.29, 1.82) is 0 Å². The Hall–Kier alpha value is -1.06. The van der Waals surface area contributed by atoms with Crippen molar-refractivity contribution in [2.75, 3.05) is 13.1 Å². The molecule has 1 saturated carbocycles. The highest BCUT2D eigenvalue weighted by atomic mass is 35.5. The molecule has 1 N–H and O–H groups in total. The monoisotopic (exact) mass is 320 g/mol. The van der Waals surface area contributed by atoms with Crippen molar-refractivity contribution in [3.05, 3.63) is 34.9 Å². The second-order valence-corrected chi connectivity index (χ2v) is 6.99. The van der Waals surface area contributed by atoms with Gasteiger partial charge in [0.05, 0.1) is 6.42 Å². The molecule has 2 fully saturated rings. The van der Waals surface area contributed by atoms with E-state index in [1.807, 2.05) is 24.3 Å². The van der Waals surface area contributed by atoms with Gasteiger partial charge in [0.25, 0.3) is 0 Å². The van der Waals surface area contributed by atoms with Crippen LogP contribution in [0.2, 0.25) is 5.02 Å². The fraction of sp³-hybridized carbons (Fsp3) is 0.611. The van der Waals surface area contributed by atoms with Gasteiger partial charge in [-0.3, -0.25) is 4.79 Å². The normalized spacial score (nSPS) is 21.1. The van der Waals surface area contributed by atoms with Crippen molar-refractivity contribution in [3.8, 4) is 0 Å². The molecule has 0 aromatic heterocycles. The largest absolute Gasteiger partial charge is 0.353 e. The van der Waals surface area contributed by atoms with Crippen LogP contribution in [-0.2, 0) is 11.2 Å². The first kappa shape index (κ1) is 15.8. The zero-order valence-electron chi connectivity index (χ0n) is 13.1. The molecule has 2 aliphatic rings. The Morgan fingerprint density at radius 2 is 1.82 bits per heavy atom. The Bertz CT molecular complexity index is 506. The average Bonchev–Trinajstić information content (AvgIpc) is 3.05. The predicted octanol–water partition coefficient (Wildman–Crippen LogP) is 3.41. The molecule has 22 heavy (non-hydrogen) atoms. The zero-order valence-corrected chi connectivity index (χ0v) is 13.8. The Kier molecular flexibility index (Phi) is 5.37. The average molecular weight is 321 g/mol. The van der Waals surface area contributed by atoms with E-state index in [-0.39, 0.29) is 5.91 Å². The van der Waals surface area contributed by atoms with Crippen molar-refractivity contribution < 1.29 is 4.79 Å². The Labute approximate surface area is 138 Å². The number of amides is 1. The van der Waals surface area contributed by atoms with Gasteiger partial charge in [-0.1, -0.05) is 42.6 Å². The molecule has 1 aromatic rings. The topological polar surface area (TPSA) is 32.3 Å². The Balaban J connectivity index is 1.44. The van der Waals surface area contributed by atoms with Crippen LogP contribution in [-0.4, -0.2) is 36.0 Å². The van der Waals surface area contributed by atoms with Crippen molar-refractivity contribution in [3.63, 3.8) is 0 Å². The molecule has 4 heteroatoms. The van der Waals surface area contributed by atoms with Crippen LogP contribution in [0.15, 0.2) is 24.3 Å². The van der Waals surface area contributed by atoms with Crippen molar-refractivity contribution >= 4 is 17.5 Å². The highest BCUT2D eigenvalue weighted by molar-refractivity contribution is 6.31. The second-order valence-electron chi connectivity index (χ2n) is 6.58. The number of hydrogen-bond acceptors (Lipinski definition) is 2. The lowest BCUT2D eigenvalue weighted by atomic mass is 10.0. The number of nitrogens with one attached hydrogen (secondary N) is 1. The van der Waals surface area contributed by atoms with Crippen LogP contribution in [0.5, 0.6) is 0 Å². The van der Waals surface area contributed by atoms with Crippen LogP contribution in [0.4, 0.5) is 0 Å². The minimum Gasteiger partial charge on any atom is -0.353 e. The highest BCUT2D eigenvalue weighted by Gasteiger charge is 2.27. The fourth-order valence-electron chi connectivity index (χ4n) is 3.77. The smallest absolute Gasteiger partial charge is 0.224 e. The maximum atomic E-state index is 12.2. The quantitative estimate of drug-likeness (QED) is 0.922. The molecule has 0 radical (unpaired) electrons. The zero-order chi connectivity index (χ0) is 15.4. The van der Waals surface area contributed by atoms with Crippen LogP contribution in [0.1, 0.15) is 44.1 Å². The number of piperidine rings is 1. The molecule has 0 unspecified atom stereocenters. The van der Waals surface area contributed by atoms with Gasteiger partial charge in [-0.15, -0.1) is 0 Å². The molecule has 1 heterocycles. The molecule has 0 bridgehead atoms. The summed E-state index contributed by atoms with van der Waals surface area (Å²) in [7, 11) is 0. The number of carbonyl (C=O) groups excluding carboxylic acids is 1. The van der Waals surface area contributed by atoms with E-state index in [0.29, 0.717) is 17.5 Å². The molecule has 1 aromatic carbocycles. The van der Waals surface area contributed by atoms with Gasteiger partial charge in [0.2, 0.25) is 5.91 Å². The molecular formula is C18H25ClN2O. The summed E-state index contributed by atoms with van der Waals surface area (Å²) in [6.45, 7) is 2.25. The molecular weight excluding hydrogens is 296 g/mol. The highest BCUT2D eigenvalue weighted by Crippen LogP contribution is 2.26. The number of nitrogens with zero attached hydrogens (tertiary/aromatic N) is 1. The van der Waals surface area contributed by atoms with Gasteiger partial charge in [0.15, 0.2) is 0 Å². The maximum absolute atomic E-state index is 12.2. The third-order valence-corrected chi connectivity index (χ3v) is 5.41. The van der Waals surface area contributed by atoms with E-state index in [0.717, 1.165) is 37.5 Å². The minimum atomic E-state index is 0.0902. The van der Waals surface area contributed by atoms with Gasteiger partial charge in [-0.05, 0) is 37.3 Å². The summed E-state index contributed by atoms with van der Waals surface area (Å²) in [6.07, 6.45) is 8.03. The van der Waals surface area contributed by atoms with Crippen molar-refractivity contribution in [1.82, 2.24) is 10.2 Å². The van der Waals surface area contributed by atoms with E-state index in [2.05, 4.69) is 10.2 Å². The van der Waals surface area contributed by atoms with E-state index in [9.17, 15) is 4.79 Å². The number of carbonyl (C=O) groups is 1. The molecule has 1 aliphatic carbocycles. The Morgan fingerprint density at radius 1 is 1.14 bits per heavy atom. The lowest BCUT2D eigenvalue weighted by Crippen LogP contribution is -2.47. The summed E-state index contributed by atoms with van der Waals surface area (Å²) in [5.41, 5.74) is 0.907. The summed E-state index contributed by atoms with van der Waals surface area (Å²) in [5.74, 6) is 0.0902. The van der Waals surface area contributed by atoms with Gasteiger partial charge >= 0.3 is 0 Å². The number of likely N-dealkylation sites (tertiary alicyclic amines) is 1. The first-order chi connectivity index (χ1) is 10.7. The van der Waals surface area contributed by atoms with Crippen LogP contribution >= 0.6 is 11.6 Å². The molecule has 1 aliphatic heterocycles. The molecule has 0 atom stereocenters. The first-order valence-electron chi connectivity index (χ1n) is 8.49. The number of benzene rings is 1. The Morgan fingerprint density at radius 3 is 2.50 bits per heavy atom. The van der Waals surface area contributed by atoms with E-state index in [1.54, 1.807) is 0 Å². The van der Waals surface area contributed by atoms with Crippen LogP contribution in [0.25, 0.3) is 0 Å². The standard InChI is InChI=1S/C18H25ClN2O/c19-17-8-4-1-5-14(17)13-18(22)20-15-9-11-21(12-10-15)16-6-2-3-7-16/h1,4-5,8,15-16H,2-3,6-7,9-13H2,(H,20,22). The number of halogens is 1. The molecule has 1 saturated heterocycles. The van der Waals surface area contributed by atoms with Gasteiger partial charge in [0, 0.05) is 30.2 Å². The SMILES string of the molecule is O=C(Cc1ccccc1Cl)NC1CCN(C2CCCC2)CC1.